The number of halogens is 2. The Morgan fingerprint density at radius 2 is 2.07 bits per heavy atom. The summed E-state index contributed by atoms with van der Waals surface area (Å²) in [5.74, 6) is -1.90. The maximum absolute atomic E-state index is 14.3. The van der Waals surface area contributed by atoms with Crippen LogP contribution in [0.4, 0.5) is 20.2 Å². The predicted molar refractivity (Wildman–Crippen MR) is 103 cm³/mol. The lowest BCUT2D eigenvalue weighted by Gasteiger charge is -2.46. The number of likely N-dealkylation sites (tertiary alicyclic amines) is 1. The Bertz CT molecular complexity index is 869. The molecule has 0 spiro atoms. The standard InChI is InChI=1S/C20H24F2N4O2/c1-3-7-23-10-20(28)11-26(12-20)19(27)14-6-8-24-18(22)17(14)25-16-5-4-13(2)9-15(16)21/h4-6,8-9,23,25,28H,3,7,10-12H2,1-2H3. The molecule has 0 saturated carbocycles. The normalized spacial score (nSPS) is 15.2. The first-order valence-corrected chi connectivity index (χ1v) is 9.23. The number of nitrogens with one attached hydrogen (secondary N) is 2. The van der Waals surface area contributed by atoms with Crippen molar-refractivity contribution < 1.29 is 18.7 Å². The van der Waals surface area contributed by atoms with Crippen molar-refractivity contribution in [3.8, 4) is 0 Å². The Labute approximate surface area is 162 Å². The summed E-state index contributed by atoms with van der Waals surface area (Å²) in [6.45, 7) is 5.22. The van der Waals surface area contributed by atoms with Crippen molar-refractivity contribution in [2.45, 2.75) is 25.9 Å². The van der Waals surface area contributed by atoms with Crippen molar-refractivity contribution in [3.05, 3.63) is 53.4 Å². The van der Waals surface area contributed by atoms with Gasteiger partial charge in [0.15, 0.2) is 0 Å². The number of carbonyl (C=O) groups is 1. The van der Waals surface area contributed by atoms with Crippen molar-refractivity contribution in [1.82, 2.24) is 15.2 Å². The van der Waals surface area contributed by atoms with Crippen molar-refractivity contribution >= 4 is 17.3 Å². The molecule has 0 bridgehead atoms. The van der Waals surface area contributed by atoms with E-state index in [1.54, 1.807) is 13.0 Å². The Morgan fingerprint density at radius 3 is 2.75 bits per heavy atom. The zero-order valence-corrected chi connectivity index (χ0v) is 15.9. The number of carbonyl (C=O) groups excluding carboxylic acids is 1. The molecule has 0 atom stereocenters. The largest absolute Gasteiger partial charge is 0.385 e. The lowest BCUT2D eigenvalue weighted by molar-refractivity contribution is -0.0784. The van der Waals surface area contributed by atoms with E-state index in [4.69, 9.17) is 0 Å². The van der Waals surface area contributed by atoms with Crippen LogP contribution in [0.1, 0.15) is 29.3 Å². The van der Waals surface area contributed by atoms with Crippen LogP contribution in [0.25, 0.3) is 0 Å². The highest BCUT2D eigenvalue weighted by molar-refractivity contribution is 6.00. The van der Waals surface area contributed by atoms with E-state index < -0.39 is 23.3 Å². The van der Waals surface area contributed by atoms with Crippen LogP contribution in [0.5, 0.6) is 0 Å². The summed E-state index contributed by atoms with van der Waals surface area (Å²) >= 11 is 0. The number of hydrogen-bond acceptors (Lipinski definition) is 5. The van der Waals surface area contributed by atoms with Gasteiger partial charge in [0.1, 0.15) is 17.1 Å². The molecule has 1 amide bonds. The van der Waals surface area contributed by atoms with Crippen molar-refractivity contribution in [3.63, 3.8) is 0 Å². The molecule has 1 aromatic heterocycles. The number of benzene rings is 1. The van der Waals surface area contributed by atoms with E-state index in [9.17, 15) is 18.7 Å². The summed E-state index contributed by atoms with van der Waals surface area (Å²) < 4.78 is 28.5. The van der Waals surface area contributed by atoms with Gasteiger partial charge in [-0.2, -0.15) is 4.39 Å². The molecule has 28 heavy (non-hydrogen) atoms. The van der Waals surface area contributed by atoms with Gasteiger partial charge in [0, 0.05) is 12.7 Å². The first kappa shape index (κ1) is 20.2. The number of aryl methyl sites for hydroxylation is 1. The molecule has 1 aromatic carbocycles. The average molecular weight is 390 g/mol. The number of amides is 1. The van der Waals surface area contributed by atoms with Crippen LogP contribution >= 0.6 is 0 Å². The number of nitrogens with zero attached hydrogens (tertiary/aromatic N) is 2. The number of hydrogen-bond donors (Lipinski definition) is 3. The third-order valence-corrected chi connectivity index (χ3v) is 4.66. The summed E-state index contributed by atoms with van der Waals surface area (Å²) in [6, 6.07) is 5.86. The lowest BCUT2D eigenvalue weighted by Crippen LogP contribution is -2.67. The summed E-state index contributed by atoms with van der Waals surface area (Å²) in [6.07, 6.45) is 2.13. The van der Waals surface area contributed by atoms with E-state index in [2.05, 4.69) is 15.6 Å². The molecular formula is C20H24F2N4O2. The highest BCUT2D eigenvalue weighted by Gasteiger charge is 2.44. The maximum atomic E-state index is 14.3. The molecule has 1 aliphatic heterocycles. The van der Waals surface area contributed by atoms with Gasteiger partial charge in [-0.1, -0.05) is 13.0 Å². The Morgan fingerprint density at radius 1 is 1.32 bits per heavy atom. The number of β-amino-alcohol motifs (C(OH)–C–C–N with tert-alkyl or cyclic N) is 1. The highest BCUT2D eigenvalue weighted by atomic mass is 19.1. The zero-order valence-electron chi connectivity index (χ0n) is 15.9. The fourth-order valence-corrected chi connectivity index (χ4v) is 3.18. The molecule has 2 heterocycles. The first-order valence-electron chi connectivity index (χ1n) is 9.23. The summed E-state index contributed by atoms with van der Waals surface area (Å²) in [7, 11) is 0. The summed E-state index contributed by atoms with van der Waals surface area (Å²) in [5.41, 5.74) is -0.364. The van der Waals surface area contributed by atoms with Crippen molar-refractivity contribution in [2.24, 2.45) is 0 Å². The van der Waals surface area contributed by atoms with Crippen LogP contribution in [0.15, 0.2) is 30.5 Å². The van der Waals surface area contributed by atoms with Crippen LogP contribution < -0.4 is 10.6 Å². The van der Waals surface area contributed by atoms with E-state index in [0.717, 1.165) is 18.5 Å². The van der Waals surface area contributed by atoms with E-state index in [0.29, 0.717) is 6.54 Å². The first-order chi connectivity index (χ1) is 13.3. The minimum atomic E-state index is -0.993. The van der Waals surface area contributed by atoms with Gasteiger partial charge in [0.05, 0.1) is 24.3 Å². The van der Waals surface area contributed by atoms with Crippen LogP contribution in [0.2, 0.25) is 0 Å². The van der Waals surface area contributed by atoms with Crippen LogP contribution in [-0.2, 0) is 0 Å². The monoisotopic (exact) mass is 390 g/mol. The molecular weight excluding hydrogens is 366 g/mol. The molecule has 1 saturated heterocycles. The van der Waals surface area contributed by atoms with Gasteiger partial charge in [0.2, 0.25) is 5.95 Å². The van der Waals surface area contributed by atoms with Gasteiger partial charge in [-0.15, -0.1) is 0 Å². The maximum Gasteiger partial charge on any atom is 0.256 e. The van der Waals surface area contributed by atoms with Crippen LogP contribution in [0.3, 0.4) is 0 Å². The van der Waals surface area contributed by atoms with Gasteiger partial charge >= 0.3 is 0 Å². The quantitative estimate of drug-likeness (QED) is 0.500. The minimum Gasteiger partial charge on any atom is -0.385 e. The smallest absolute Gasteiger partial charge is 0.256 e. The molecule has 0 radical (unpaired) electrons. The third-order valence-electron chi connectivity index (χ3n) is 4.66. The van der Waals surface area contributed by atoms with E-state index in [1.807, 2.05) is 6.92 Å². The number of pyridine rings is 1. The topological polar surface area (TPSA) is 77.5 Å². The molecule has 1 aliphatic rings. The van der Waals surface area contributed by atoms with Crippen LogP contribution in [-0.4, -0.2) is 52.7 Å². The van der Waals surface area contributed by atoms with Gasteiger partial charge < -0.3 is 20.6 Å². The SMILES string of the molecule is CCCNCC1(O)CN(C(=O)c2ccnc(F)c2Nc2ccc(C)cc2F)C1. The zero-order chi connectivity index (χ0) is 20.3. The van der Waals surface area contributed by atoms with Gasteiger partial charge in [-0.25, -0.2) is 9.37 Å². The number of aliphatic hydroxyl groups is 1. The second-order valence-corrected chi connectivity index (χ2v) is 7.19. The molecule has 3 N–H and O–H groups in total. The summed E-state index contributed by atoms with van der Waals surface area (Å²) in [4.78, 5) is 17.8. The number of anilines is 2. The van der Waals surface area contributed by atoms with Gasteiger partial charge in [-0.05, 0) is 43.7 Å². The summed E-state index contributed by atoms with van der Waals surface area (Å²) in [5, 5.41) is 16.2. The molecule has 0 aliphatic carbocycles. The average Bonchev–Trinajstić information content (AvgIpc) is 2.62. The second-order valence-electron chi connectivity index (χ2n) is 7.19. The van der Waals surface area contributed by atoms with Crippen LogP contribution in [0, 0.1) is 18.7 Å². The van der Waals surface area contributed by atoms with Gasteiger partial charge in [0.25, 0.3) is 5.91 Å². The molecule has 2 aromatic rings. The Kier molecular flexibility index (Phi) is 5.90. The molecule has 1 fully saturated rings. The number of rotatable bonds is 7. The van der Waals surface area contributed by atoms with Crippen molar-refractivity contribution in [2.75, 3.05) is 31.5 Å². The Balaban J connectivity index is 1.76. The second kappa shape index (κ2) is 8.20. The lowest BCUT2D eigenvalue weighted by atomic mass is 9.93. The number of aromatic nitrogens is 1. The highest BCUT2D eigenvalue weighted by Crippen LogP contribution is 2.29. The molecule has 0 unspecified atom stereocenters. The Hall–Kier alpha value is -2.58. The third kappa shape index (κ3) is 4.28. The molecule has 8 heteroatoms. The van der Waals surface area contributed by atoms with E-state index >= 15 is 0 Å². The minimum absolute atomic E-state index is 0.0380. The fraction of sp³-hybridized carbons (Fsp3) is 0.400. The van der Waals surface area contributed by atoms with Gasteiger partial charge in [-0.3, -0.25) is 4.79 Å². The fourth-order valence-electron chi connectivity index (χ4n) is 3.18. The molecule has 6 nitrogen and oxygen atoms in total. The predicted octanol–water partition coefficient (Wildman–Crippen LogP) is 2.60. The molecule has 3 rings (SSSR count). The van der Waals surface area contributed by atoms with E-state index in [-0.39, 0.29) is 30.0 Å². The van der Waals surface area contributed by atoms with E-state index in [1.165, 1.54) is 29.3 Å². The van der Waals surface area contributed by atoms with Crippen molar-refractivity contribution in [1.29, 1.82) is 0 Å². The molecule has 150 valence electrons.